The van der Waals surface area contributed by atoms with Crippen molar-refractivity contribution < 1.29 is 24.5 Å². The normalized spacial score (nSPS) is 10.5. The molecule has 2 aromatic carbocycles. The number of benzene rings is 2. The van der Waals surface area contributed by atoms with Crippen LogP contribution in [0.4, 0.5) is 0 Å². The van der Waals surface area contributed by atoms with Crippen LogP contribution in [0.2, 0.25) is 0 Å². The van der Waals surface area contributed by atoms with E-state index in [4.69, 9.17) is 9.47 Å². The maximum atomic E-state index is 11.4. The Morgan fingerprint density at radius 2 is 1.96 bits per heavy atom. The molecule has 0 aliphatic carbocycles. The van der Waals surface area contributed by atoms with E-state index in [2.05, 4.69) is 0 Å². The minimum absolute atomic E-state index is 0.0328. The number of carbonyl (C=O) groups is 1. The largest absolute Gasteiger partial charge is 0.508 e. The number of carboxylic acid groups (broad SMARTS) is 1. The lowest BCUT2D eigenvalue weighted by atomic mass is 9.99. The molecule has 0 aliphatic rings. The van der Waals surface area contributed by atoms with Gasteiger partial charge in [-0.2, -0.15) is 0 Å². The summed E-state index contributed by atoms with van der Waals surface area (Å²) in [6, 6.07) is 9.96. The van der Waals surface area contributed by atoms with E-state index in [0.717, 1.165) is 10.5 Å². The molecule has 0 heterocycles. The van der Waals surface area contributed by atoms with Crippen molar-refractivity contribution in [1.82, 2.24) is 0 Å². The smallest absolute Gasteiger partial charge is 0.335 e. The molecule has 0 fully saturated rings. The van der Waals surface area contributed by atoms with E-state index < -0.39 is 5.97 Å². The highest BCUT2D eigenvalue weighted by molar-refractivity contribution is 7.98. The molecule has 0 amide bonds. The molecule has 0 aliphatic heterocycles. The molecule has 0 saturated heterocycles. The van der Waals surface area contributed by atoms with Crippen LogP contribution in [0.3, 0.4) is 0 Å². The zero-order chi connectivity index (χ0) is 16.8. The van der Waals surface area contributed by atoms with Gasteiger partial charge in [0.2, 0.25) is 0 Å². The fraction of sp³-hybridized carbons (Fsp3) is 0.235. The molecule has 0 saturated carbocycles. The van der Waals surface area contributed by atoms with Crippen LogP contribution in [-0.4, -0.2) is 36.3 Å². The summed E-state index contributed by atoms with van der Waals surface area (Å²) >= 11 is 1.59. The minimum Gasteiger partial charge on any atom is -0.508 e. The highest BCUT2D eigenvalue weighted by Gasteiger charge is 2.14. The molecule has 0 radical (unpaired) electrons. The lowest BCUT2D eigenvalue weighted by Gasteiger charge is -2.13. The van der Waals surface area contributed by atoms with Crippen LogP contribution < -0.4 is 4.74 Å². The highest BCUT2D eigenvalue weighted by Crippen LogP contribution is 2.29. The number of phenols is 1. The number of carboxylic acids is 1. The first-order valence-corrected chi connectivity index (χ1v) is 8.11. The zero-order valence-electron chi connectivity index (χ0n) is 12.9. The van der Waals surface area contributed by atoms with E-state index in [1.807, 2.05) is 24.5 Å². The molecule has 2 N–H and O–H groups in total. The number of hydrogen-bond acceptors (Lipinski definition) is 5. The summed E-state index contributed by atoms with van der Waals surface area (Å²) in [4.78, 5) is 12.4. The van der Waals surface area contributed by atoms with Gasteiger partial charge in [-0.15, -0.1) is 11.8 Å². The zero-order valence-corrected chi connectivity index (χ0v) is 13.7. The lowest BCUT2D eigenvalue weighted by Crippen LogP contribution is -2.06. The van der Waals surface area contributed by atoms with E-state index in [1.54, 1.807) is 11.8 Å². The van der Waals surface area contributed by atoms with Crippen molar-refractivity contribution in [3.63, 3.8) is 0 Å². The van der Waals surface area contributed by atoms with Gasteiger partial charge in [-0.3, -0.25) is 0 Å². The maximum absolute atomic E-state index is 11.4. The molecule has 0 bridgehead atoms. The van der Waals surface area contributed by atoms with Gasteiger partial charge in [0.15, 0.2) is 6.79 Å². The van der Waals surface area contributed by atoms with Crippen molar-refractivity contribution in [2.45, 2.75) is 11.3 Å². The number of phenolic OH excluding ortho intramolecular Hbond substituents is 1. The van der Waals surface area contributed by atoms with Gasteiger partial charge in [-0.05, 0) is 53.8 Å². The van der Waals surface area contributed by atoms with Crippen LogP contribution in [0.5, 0.6) is 11.5 Å². The summed E-state index contributed by atoms with van der Waals surface area (Å²) in [5.41, 5.74) is 1.52. The third-order valence-corrected chi connectivity index (χ3v) is 4.03. The summed E-state index contributed by atoms with van der Waals surface area (Å²) in [6.07, 6.45) is 2.30. The number of rotatable bonds is 7. The average molecular weight is 334 g/mol. The van der Waals surface area contributed by atoms with Gasteiger partial charge in [-0.25, -0.2) is 4.79 Å². The first-order chi connectivity index (χ1) is 11.0. The second-order valence-corrected chi connectivity index (χ2v) is 5.73. The number of thioether (sulfide) groups is 1. The second kappa shape index (κ2) is 7.89. The standard InChI is InChI=1S/C17H18O5S/c1-21-10-22-16-6-4-14(23-2)9-12(16)7-11-8-13(18)3-5-15(11)17(19)20/h3-6,8-9,18H,7,10H2,1-2H3,(H,19,20). The molecular weight excluding hydrogens is 316 g/mol. The lowest BCUT2D eigenvalue weighted by molar-refractivity contribution is 0.0504. The number of aromatic hydroxyl groups is 1. The first kappa shape index (κ1) is 17.2. The van der Waals surface area contributed by atoms with Gasteiger partial charge >= 0.3 is 5.97 Å². The van der Waals surface area contributed by atoms with E-state index in [1.165, 1.54) is 25.3 Å². The van der Waals surface area contributed by atoms with Crippen LogP contribution >= 0.6 is 11.8 Å². The van der Waals surface area contributed by atoms with Crippen LogP contribution in [0.25, 0.3) is 0 Å². The Morgan fingerprint density at radius 3 is 2.61 bits per heavy atom. The predicted molar refractivity (Wildman–Crippen MR) is 88.6 cm³/mol. The number of hydrogen-bond donors (Lipinski definition) is 2. The third-order valence-electron chi connectivity index (χ3n) is 3.30. The quantitative estimate of drug-likeness (QED) is 0.597. The van der Waals surface area contributed by atoms with Crippen LogP contribution in [0, 0.1) is 0 Å². The van der Waals surface area contributed by atoms with Crippen molar-refractivity contribution in [1.29, 1.82) is 0 Å². The molecule has 0 spiro atoms. The first-order valence-electron chi connectivity index (χ1n) is 6.89. The molecule has 0 aromatic heterocycles. The van der Waals surface area contributed by atoms with E-state index in [0.29, 0.717) is 17.7 Å². The van der Waals surface area contributed by atoms with Gasteiger partial charge in [0.1, 0.15) is 11.5 Å². The van der Waals surface area contributed by atoms with Crippen LogP contribution in [-0.2, 0) is 11.2 Å². The molecule has 122 valence electrons. The fourth-order valence-electron chi connectivity index (χ4n) is 2.22. The monoisotopic (exact) mass is 334 g/mol. The summed E-state index contributed by atoms with van der Waals surface area (Å²) in [6.45, 7) is 0.109. The van der Waals surface area contributed by atoms with Crippen molar-refractivity contribution >= 4 is 17.7 Å². The molecule has 2 rings (SSSR count). The van der Waals surface area contributed by atoms with Crippen molar-refractivity contribution in [3.8, 4) is 11.5 Å². The maximum Gasteiger partial charge on any atom is 0.335 e. The molecular formula is C17H18O5S. The summed E-state index contributed by atoms with van der Waals surface area (Å²) < 4.78 is 10.5. The Morgan fingerprint density at radius 1 is 1.17 bits per heavy atom. The van der Waals surface area contributed by atoms with Crippen molar-refractivity contribution in [2.75, 3.05) is 20.2 Å². The van der Waals surface area contributed by atoms with Crippen molar-refractivity contribution in [2.24, 2.45) is 0 Å². The van der Waals surface area contributed by atoms with Gasteiger partial charge in [0.25, 0.3) is 0 Å². The number of aromatic carboxylic acids is 1. The average Bonchev–Trinajstić information content (AvgIpc) is 2.53. The SMILES string of the molecule is COCOc1ccc(SC)cc1Cc1cc(O)ccc1C(=O)O. The topological polar surface area (TPSA) is 76.0 Å². The molecule has 6 heteroatoms. The molecule has 2 aromatic rings. The molecule has 5 nitrogen and oxygen atoms in total. The summed E-state index contributed by atoms with van der Waals surface area (Å²) in [7, 11) is 1.54. The van der Waals surface area contributed by atoms with Gasteiger partial charge in [-0.1, -0.05) is 0 Å². The fourth-order valence-corrected chi connectivity index (χ4v) is 2.69. The minimum atomic E-state index is -1.03. The Labute approximate surface area is 138 Å². The van der Waals surface area contributed by atoms with E-state index in [9.17, 15) is 15.0 Å². The van der Waals surface area contributed by atoms with Crippen molar-refractivity contribution in [3.05, 3.63) is 53.1 Å². The van der Waals surface area contributed by atoms with Gasteiger partial charge < -0.3 is 19.7 Å². The second-order valence-electron chi connectivity index (χ2n) is 4.85. The van der Waals surface area contributed by atoms with Crippen LogP contribution in [0.1, 0.15) is 21.5 Å². The van der Waals surface area contributed by atoms with E-state index >= 15 is 0 Å². The summed E-state index contributed by atoms with van der Waals surface area (Å²) in [5, 5.41) is 19.0. The Bertz CT molecular complexity index is 699. The summed E-state index contributed by atoms with van der Waals surface area (Å²) in [5.74, 6) is -0.366. The Kier molecular flexibility index (Phi) is 5.90. The molecule has 0 atom stereocenters. The molecule has 23 heavy (non-hydrogen) atoms. The predicted octanol–water partition coefficient (Wildman–Crippen LogP) is 3.39. The number of ether oxygens (including phenoxy) is 2. The Hall–Kier alpha value is -2.18. The Balaban J connectivity index is 2.41. The van der Waals surface area contributed by atoms with Gasteiger partial charge in [0.05, 0.1) is 5.56 Å². The number of methoxy groups -OCH3 is 1. The van der Waals surface area contributed by atoms with E-state index in [-0.39, 0.29) is 18.1 Å². The van der Waals surface area contributed by atoms with Gasteiger partial charge in [0, 0.05) is 18.4 Å². The molecule has 0 unspecified atom stereocenters. The third kappa shape index (κ3) is 4.40. The van der Waals surface area contributed by atoms with Crippen LogP contribution in [0.15, 0.2) is 41.3 Å². The highest BCUT2D eigenvalue weighted by atomic mass is 32.2.